The van der Waals surface area contributed by atoms with E-state index in [0.717, 1.165) is 12.8 Å². The maximum Gasteiger partial charge on any atom is 0.182 e. The van der Waals surface area contributed by atoms with Crippen LogP contribution in [-0.2, 0) is 4.74 Å². The van der Waals surface area contributed by atoms with Crippen LogP contribution in [0.3, 0.4) is 0 Å². The fraction of sp³-hybridized carbons (Fsp3) is 0.400. The number of halogens is 2. The maximum atomic E-state index is 15.0. The summed E-state index contributed by atoms with van der Waals surface area (Å²) in [7, 11) is 0. The Kier molecular flexibility index (Phi) is 4.52. The number of hydrogen-bond acceptors (Lipinski definition) is 6. The Morgan fingerprint density at radius 2 is 1.97 bits per heavy atom. The molecule has 34 heavy (non-hydrogen) atoms. The van der Waals surface area contributed by atoms with Gasteiger partial charge in [-0.25, -0.2) is 24.3 Å². The van der Waals surface area contributed by atoms with Gasteiger partial charge >= 0.3 is 0 Å². The second-order valence-electron chi connectivity index (χ2n) is 8.84. The van der Waals surface area contributed by atoms with E-state index in [1.165, 1.54) is 12.1 Å². The first kappa shape index (κ1) is 18.4. The van der Waals surface area contributed by atoms with Gasteiger partial charge in [-0.3, -0.25) is 4.68 Å². The van der Waals surface area contributed by atoms with Crippen LogP contribution in [0.4, 0.5) is 4.39 Å². The highest BCUT2D eigenvalue weighted by atomic mass is 35.5. The summed E-state index contributed by atoms with van der Waals surface area (Å²) >= 11 is 5.98. The number of hydrogen-bond donors (Lipinski definition) is 0. The fourth-order valence-corrected chi connectivity index (χ4v) is 4.29. The van der Waals surface area contributed by atoms with Crippen LogP contribution in [0.5, 0.6) is 0 Å². The van der Waals surface area contributed by atoms with Crippen molar-refractivity contribution < 1.29 is 13.2 Å². The van der Waals surface area contributed by atoms with E-state index in [1.807, 2.05) is 11.6 Å². The maximum absolute atomic E-state index is 15.0. The van der Waals surface area contributed by atoms with Crippen molar-refractivity contribution in [1.82, 2.24) is 29.7 Å². The molecule has 0 radical (unpaired) electrons. The molecular weight excluding hydrogens is 455 g/mol. The second kappa shape index (κ2) is 8.36. The van der Waals surface area contributed by atoms with Crippen LogP contribution in [-0.4, -0.2) is 36.3 Å². The van der Waals surface area contributed by atoms with Gasteiger partial charge in [-0.2, -0.15) is 5.10 Å². The smallest absolute Gasteiger partial charge is 0.182 e. The van der Waals surface area contributed by atoms with Crippen molar-refractivity contribution in [2.75, 3.05) is 6.56 Å². The van der Waals surface area contributed by atoms with Gasteiger partial charge in [0.05, 0.1) is 33.8 Å². The number of aryl methyl sites for hydroxylation is 2. The van der Waals surface area contributed by atoms with Gasteiger partial charge in [-0.15, -0.1) is 0 Å². The first-order valence-corrected chi connectivity index (χ1v) is 11.6. The molecule has 1 aliphatic heterocycles. The standard InChI is InChI=1S/C25H24ClFN6O/c1-13-14(2)30-25-23(29-13)22(19-6-3-17(26)10-20(19)27)31-24(32-25)15-7-8-34-21(9-15)16-11-28-33(12-16)18-4-5-18/h3,6,10-12,15,18,21H,4-5,7-9H2,1-2H3/i8D2,21D. The third kappa shape index (κ3) is 3.95. The molecule has 3 aromatic heterocycles. The Balaban J connectivity index is 1.48. The molecule has 0 bridgehead atoms. The van der Waals surface area contributed by atoms with Gasteiger partial charge < -0.3 is 4.74 Å². The molecule has 0 amide bonds. The van der Waals surface area contributed by atoms with Gasteiger partial charge in [0, 0.05) is 34.8 Å². The molecule has 7 nitrogen and oxygen atoms in total. The monoisotopic (exact) mass is 481 g/mol. The molecule has 4 heterocycles. The number of fused-ring (bicyclic) bond motifs is 1. The molecule has 1 aliphatic carbocycles. The third-order valence-corrected chi connectivity index (χ3v) is 6.55. The van der Waals surface area contributed by atoms with E-state index < -0.39 is 24.4 Å². The number of benzene rings is 1. The van der Waals surface area contributed by atoms with Crippen molar-refractivity contribution in [2.45, 2.75) is 57.6 Å². The average molecular weight is 482 g/mol. The van der Waals surface area contributed by atoms with Gasteiger partial charge in [-0.1, -0.05) is 11.6 Å². The first-order chi connectivity index (χ1) is 17.5. The summed E-state index contributed by atoms with van der Waals surface area (Å²) in [4.78, 5) is 18.5. The highest BCUT2D eigenvalue weighted by molar-refractivity contribution is 6.30. The van der Waals surface area contributed by atoms with Crippen molar-refractivity contribution in [2.24, 2.45) is 0 Å². The number of aromatic nitrogens is 6. The molecule has 1 saturated carbocycles. The lowest BCUT2D eigenvalue weighted by molar-refractivity contribution is 0.00396. The zero-order valence-electron chi connectivity index (χ0n) is 21.7. The minimum absolute atomic E-state index is 0.0727. The van der Waals surface area contributed by atoms with E-state index in [4.69, 9.17) is 25.4 Å². The molecular formula is C25H24ClFN6O. The van der Waals surface area contributed by atoms with E-state index >= 15 is 4.39 Å². The number of rotatable bonds is 4. The molecule has 0 spiro atoms. The molecule has 2 atom stereocenters. The van der Waals surface area contributed by atoms with Crippen LogP contribution < -0.4 is 0 Å². The zero-order valence-corrected chi connectivity index (χ0v) is 19.5. The van der Waals surface area contributed by atoms with E-state index in [9.17, 15) is 0 Å². The summed E-state index contributed by atoms with van der Waals surface area (Å²) in [5.41, 5.74) is 2.86. The highest BCUT2D eigenvalue weighted by Gasteiger charge is 2.31. The Labute approximate surface area is 205 Å². The summed E-state index contributed by atoms with van der Waals surface area (Å²) in [5, 5.41) is 4.62. The van der Waals surface area contributed by atoms with Crippen molar-refractivity contribution >= 4 is 22.8 Å². The molecule has 2 fully saturated rings. The molecule has 4 aromatic rings. The number of nitrogens with zero attached hydrogens (tertiary/aromatic N) is 6. The van der Waals surface area contributed by atoms with Gasteiger partial charge in [0.1, 0.15) is 22.9 Å². The SMILES string of the molecule is [2H]C1([2H])CC(c2nc(-c3ccc(Cl)cc3F)c3nc(C)c(C)nc3n2)CC([2H])(c2cnn(C3CC3)c2)O1. The van der Waals surface area contributed by atoms with Crippen LogP contribution >= 0.6 is 11.6 Å². The van der Waals surface area contributed by atoms with E-state index in [-0.39, 0.29) is 40.6 Å². The normalized spacial score (nSPS) is 25.6. The van der Waals surface area contributed by atoms with Gasteiger partial charge in [0.2, 0.25) is 0 Å². The van der Waals surface area contributed by atoms with Crippen molar-refractivity contribution in [3.63, 3.8) is 0 Å². The zero-order chi connectivity index (χ0) is 26.1. The molecule has 2 aliphatic rings. The lowest BCUT2D eigenvalue weighted by Gasteiger charge is -2.28. The van der Waals surface area contributed by atoms with Gasteiger partial charge in [0.15, 0.2) is 5.65 Å². The fourth-order valence-electron chi connectivity index (χ4n) is 4.13. The van der Waals surface area contributed by atoms with E-state index in [1.54, 1.807) is 25.4 Å². The Bertz CT molecular complexity index is 1540. The summed E-state index contributed by atoms with van der Waals surface area (Å²) in [6.45, 7) is 1.50. The molecule has 174 valence electrons. The molecule has 2 unspecified atom stereocenters. The second-order valence-corrected chi connectivity index (χ2v) is 9.27. The quantitative estimate of drug-likeness (QED) is 0.374. The number of ether oxygens (including phenoxy) is 1. The summed E-state index contributed by atoms with van der Waals surface area (Å²) in [6.07, 6.45) is 3.72. The molecule has 9 heteroatoms. The van der Waals surface area contributed by atoms with Gasteiger partial charge in [-0.05, 0) is 57.7 Å². The largest absolute Gasteiger partial charge is 0.373 e. The van der Waals surface area contributed by atoms with Crippen LogP contribution in [0.25, 0.3) is 22.4 Å². The predicted molar refractivity (Wildman–Crippen MR) is 126 cm³/mol. The summed E-state index contributed by atoms with van der Waals surface area (Å²) in [6, 6.07) is 4.63. The predicted octanol–water partition coefficient (Wildman–Crippen LogP) is 5.66. The van der Waals surface area contributed by atoms with Crippen molar-refractivity contribution in [1.29, 1.82) is 0 Å². The van der Waals surface area contributed by atoms with Crippen LogP contribution in [0, 0.1) is 19.7 Å². The van der Waals surface area contributed by atoms with E-state index in [0.29, 0.717) is 28.5 Å². The topological polar surface area (TPSA) is 78.6 Å². The van der Waals surface area contributed by atoms with Crippen molar-refractivity contribution in [3.8, 4) is 11.3 Å². The van der Waals surface area contributed by atoms with Crippen LogP contribution in [0.2, 0.25) is 5.02 Å². The molecule has 0 N–H and O–H groups in total. The van der Waals surface area contributed by atoms with E-state index in [2.05, 4.69) is 20.1 Å². The van der Waals surface area contributed by atoms with Crippen LogP contribution in [0.15, 0.2) is 30.6 Å². The minimum atomic E-state index is -2.12. The highest BCUT2D eigenvalue weighted by Crippen LogP contribution is 2.40. The lowest BCUT2D eigenvalue weighted by Crippen LogP contribution is -2.20. The Hall–Kier alpha value is -2.97. The average Bonchev–Trinajstić information content (AvgIpc) is 3.54. The van der Waals surface area contributed by atoms with Crippen molar-refractivity contribution in [3.05, 3.63) is 64.2 Å². The minimum Gasteiger partial charge on any atom is -0.373 e. The first-order valence-electron chi connectivity index (χ1n) is 12.7. The van der Waals surface area contributed by atoms with Crippen LogP contribution in [0.1, 0.15) is 70.6 Å². The Morgan fingerprint density at radius 3 is 2.76 bits per heavy atom. The van der Waals surface area contributed by atoms with Gasteiger partial charge in [0.25, 0.3) is 0 Å². The lowest BCUT2D eigenvalue weighted by atomic mass is 9.92. The summed E-state index contributed by atoms with van der Waals surface area (Å²) in [5.74, 6) is -0.914. The third-order valence-electron chi connectivity index (χ3n) is 6.31. The summed E-state index contributed by atoms with van der Waals surface area (Å²) < 4.78 is 48.5. The molecule has 1 aromatic carbocycles. The molecule has 6 rings (SSSR count). The molecule has 1 saturated heterocycles. The Morgan fingerprint density at radius 1 is 1.15 bits per heavy atom.